The molecule has 1 saturated heterocycles. The number of halogens is 3. The van der Waals surface area contributed by atoms with Gasteiger partial charge in [0, 0.05) is 18.7 Å². The second-order valence-electron chi connectivity index (χ2n) is 6.54. The van der Waals surface area contributed by atoms with Crippen molar-refractivity contribution in [3.8, 4) is 0 Å². The molecule has 2 N–H and O–H groups in total. The molecular formula is C18H18F3N5O3. The van der Waals surface area contributed by atoms with Gasteiger partial charge in [0.05, 0.1) is 0 Å². The number of likely N-dealkylation sites (tertiary alicyclic amines) is 1. The van der Waals surface area contributed by atoms with Crippen molar-refractivity contribution in [2.24, 2.45) is 0 Å². The molecule has 1 fully saturated rings. The summed E-state index contributed by atoms with van der Waals surface area (Å²) in [6.07, 6.45) is 1.06. The van der Waals surface area contributed by atoms with Crippen molar-refractivity contribution in [2.75, 3.05) is 13.1 Å². The van der Waals surface area contributed by atoms with Crippen LogP contribution in [0.15, 0.2) is 24.3 Å². The minimum absolute atomic E-state index is 0.114. The van der Waals surface area contributed by atoms with Crippen LogP contribution in [0.2, 0.25) is 0 Å². The van der Waals surface area contributed by atoms with Gasteiger partial charge in [-0.3, -0.25) is 5.41 Å². The first-order valence-electron chi connectivity index (χ1n) is 8.92. The van der Waals surface area contributed by atoms with E-state index in [4.69, 9.17) is 5.41 Å². The van der Waals surface area contributed by atoms with E-state index in [2.05, 4.69) is 9.97 Å². The third-order valence-electron chi connectivity index (χ3n) is 4.50. The molecule has 29 heavy (non-hydrogen) atoms. The van der Waals surface area contributed by atoms with Crippen molar-refractivity contribution >= 4 is 23.5 Å². The Morgan fingerprint density at radius 2 is 1.86 bits per heavy atom. The Hall–Kier alpha value is -3.24. The SMILES string of the molecule is N=C(c1cc(C(F)(F)F)nc(C2=CCCC=C2)n1)N(C(=O)O)C(=O)N1CCCC1. The molecule has 0 unspecified atom stereocenters. The summed E-state index contributed by atoms with van der Waals surface area (Å²) < 4.78 is 40.0. The van der Waals surface area contributed by atoms with Crippen LogP contribution in [0.25, 0.3) is 5.57 Å². The van der Waals surface area contributed by atoms with Crippen LogP contribution >= 0.6 is 0 Å². The number of nitrogens with one attached hydrogen (secondary N) is 1. The maximum atomic E-state index is 13.3. The molecule has 3 amide bonds. The van der Waals surface area contributed by atoms with Crippen LogP contribution in [0, 0.1) is 5.41 Å². The number of rotatable bonds is 2. The van der Waals surface area contributed by atoms with Gasteiger partial charge in [0.25, 0.3) is 0 Å². The van der Waals surface area contributed by atoms with Gasteiger partial charge in [0.1, 0.15) is 11.4 Å². The summed E-state index contributed by atoms with van der Waals surface area (Å²) in [7, 11) is 0. The van der Waals surface area contributed by atoms with Crippen molar-refractivity contribution in [1.29, 1.82) is 5.41 Å². The van der Waals surface area contributed by atoms with Crippen LogP contribution in [0.1, 0.15) is 42.9 Å². The number of nitrogens with zero attached hydrogens (tertiary/aromatic N) is 4. The highest BCUT2D eigenvalue weighted by Crippen LogP contribution is 2.30. The largest absolute Gasteiger partial charge is 0.464 e. The Bertz CT molecular complexity index is 904. The monoisotopic (exact) mass is 409 g/mol. The summed E-state index contributed by atoms with van der Waals surface area (Å²) >= 11 is 0. The van der Waals surface area contributed by atoms with Gasteiger partial charge in [-0.2, -0.15) is 18.1 Å². The maximum Gasteiger partial charge on any atom is 0.433 e. The number of carbonyl (C=O) groups excluding carboxylic acids is 1. The van der Waals surface area contributed by atoms with E-state index in [0.29, 0.717) is 44.0 Å². The molecule has 2 heterocycles. The van der Waals surface area contributed by atoms with Crippen LogP contribution in [-0.4, -0.2) is 55.9 Å². The molecule has 0 bridgehead atoms. The topological polar surface area (TPSA) is 110 Å². The van der Waals surface area contributed by atoms with Crippen LogP contribution in [0.4, 0.5) is 22.8 Å². The number of aromatic nitrogens is 2. The highest BCUT2D eigenvalue weighted by atomic mass is 19.4. The average molecular weight is 409 g/mol. The summed E-state index contributed by atoms with van der Waals surface area (Å²) in [6.45, 7) is 0.632. The smallest absolute Gasteiger partial charge is 0.433 e. The van der Waals surface area contributed by atoms with E-state index in [1.165, 1.54) is 4.90 Å². The fourth-order valence-electron chi connectivity index (χ4n) is 3.06. The number of allylic oxidation sites excluding steroid dienone is 4. The molecule has 0 aromatic carbocycles. The Labute approximate surface area is 163 Å². The molecule has 0 atom stereocenters. The van der Waals surface area contributed by atoms with Gasteiger partial charge >= 0.3 is 18.3 Å². The van der Waals surface area contributed by atoms with E-state index in [1.54, 1.807) is 18.2 Å². The molecular weight excluding hydrogens is 391 g/mol. The predicted molar refractivity (Wildman–Crippen MR) is 96.3 cm³/mol. The van der Waals surface area contributed by atoms with E-state index in [1.807, 2.05) is 0 Å². The molecule has 11 heteroatoms. The van der Waals surface area contributed by atoms with Crippen LogP contribution in [-0.2, 0) is 6.18 Å². The molecule has 0 saturated carbocycles. The highest BCUT2D eigenvalue weighted by Gasteiger charge is 2.37. The number of carboxylic acid groups (broad SMARTS) is 1. The van der Waals surface area contributed by atoms with Gasteiger partial charge in [-0.15, -0.1) is 0 Å². The first kappa shape index (κ1) is 20.5. The predicted octanol–water partition coefficient (Wildman–Crippen LogP) is 3.75. The third kappa shape index (κ3) is 4.44. The molecule has 0 radical (unpaired) electrons. The first-order valence-corrected chi connectivity index (χ1v) is 8.92. The van der Waals surface area contributed by atoms with E-state index < -0.39 is 35.5 Å². The third-order valence-corrected chi connectivity index (χ3v) is 4.50. The minimum atomic E-state index is -4.83. The van der Waals surface area contributed by atoms with Gasteiger partial charge in [-0.25, -0.2) is 19.6 Å². The number of hydrogen-bond acceptors (Lipinski definition) is 5. The first-order chi connectivity index (χ1) is 13.7. The zero-order valence-corrected chi connectivity index (χ0v) is 15.2. The number of hydrogen-bond donors (Lipinski definition) is 2. The van der Waals surface area contributed by atoms with E-state index in [0.717, 1.165) is 6.42 Å². The standard InChI is InChI=1S/C18H18F3N5O3/c19-18(20,21)13-10-12(23-15(24-13)11-6-2-1-3-7-11)14(22)26(17(28)29)16(27)25-8-4-5-9-25/h2,6-7,10,22H,1,3-5,8-9H2,(H,28,29). The molecule has 1 aromatic heterocycles. The van der Waals surface area contributed by atoms with Crippen molar-refractivity contribution in [1.82, 2.24) is 19.8 Å². The summed E-state index contributed by atoms with van der Waals surface area (Å²) in [6, 6.07) is -0.503. The lowest BCUT2D eigenvalue weighted by Gasteiger charge is -2.24. The van der Waals surface area contributed by atoms with Gasteiger partial charge in [-0.05, 0) is 31.7 Å². The van der Waals surface area contributed by atoms with E-state index >= 15 is 0 Å². The maximum absolute atomic E-state index is 13.3. The van der Waals surface area contributed by atoms with Gasteiger partial charge in [0.15, 0.2) is 11.7 Å². The normalized spacial score (nSPS) is 16.5. The molecule has 1 aliphatic carbocycles. The molecule has 1 aliphatic heterocycles. The highest BCUT2D eigenvalue weighted by molar-refractivity contribution is 6.14. The van der Waals surface area contributed by atoms with Gasteiger partial charge in [0.2, 0.25) is 0 Å². The van der Waals surface area contributed by atoms with Crippen molar-refractivity contribution in [3.63, 3.8) is 0 Å². The molecule has 3 rings (SSSR count). The second kappa shape index (κ2) is 8.02. The lowest BCUT2D eigenvalue weighted by Crippen LogP contribution is -2.48. The number of amidine groups is 1. The van der Waals surface area contributed by atoms with Crippen molar-refractivity contribution in [3.05, 3.63) is 41.5 Å². The molecule has 0 spiro atoms. The fraction of sp³-hybridized carbons (Fsp3) is 0.389. The zero-order valence-electron chi connectivity index (χ0n) is 15.2. The number of amides is 3. The van der Waals surface area contributed by atoms with Gasteiger partial charge < -0.3 is 10.0 Å². The average Bonchev–Trinajstić information content (AvgIpc) is 3.22. The number of urea groups is 1. The Kier molecular flexibility index (Phi) is 5.66. The van der Waals surface area contributed by atoms with E-state index in [-0.39, 0.29) is 10.7 Å². The molecule has 8 nitrogen and oxygen atoms in total. The zero-order chi connectivity index (χ0) is 21.2. The van der Waals surface area contributed by atoms with Crippen LogP contribution in [0.3, 0.4) is 0 Å². The lowest BCUT2D eigenvalue weighted by molar-refractivity contribution is -0.141. The van der Waals surface area contributed by atoms with Crippen LogP contribution < -0.4 is 0 Å². The van der Waals surface area contributed by atoms with Crippen molar-refractivity contribution < 1.29 is 27.9 Å². The lowest BCUT2D eigenvalue weighted by atomic mass is 10.1. The summed E-state index contributed by atoms with van der Waals surface area (Å²) in [5.41, 5.74) is -1.58. The van der Waals surface area contributed by atoms with Crippen LogP contribution in [0.5, 0.6) is 0 Å². The van der Waals surface area contributed by atoms with Crippen molar-refractivity contribution in [2.45, 2.75) is 31.9 Å². The summed E-state index contributed by atoms with van der Waals surface area (Å²) in [5.74, 6) is -1.24. The quantitative estimate of drug-likeness (QED) is 0.571. The summed E-state index contributed by atoms with van der Waals surface area (Å²) in [4.78, 5) is 33.0. The fourth-order valence-corrected chi connectivity index (χ4v) is 3.06. The molecule has 1 aromatic rings. The number of alkyl halides is 3. The summed E-state index contributed by atoms with van der Waals surface area (Å²) in [5, 5.41) is 17.6. The van der Waals surface area contributed by atoms with Gasteiger partial charge in [-0.1, -0.05) is 18.2 Å². The second-order valence-corrected chi connectivity index (χ2v) is 6.54. The number of imide groups is 1. The Morgan fingerprint density at radius 1 is 1.17 bits per heavy atom. The molecule has 154 valence electrons. The minimum Gasteiger partial charge on any atom is -0.464 e. The van der Waals surface area contributed by atoms with E-state index in [9.17, 15) is 27.9 Å². The number of carbonyl (C=O) groups is 2. The molecule has 2 aliphatic rings. The Balaban J connectivity index is 2.03. The Morgan fingerprint density at radius 3 is 2.41 bits per heavy atom.